The van der Waals surface area contributed by atoms with Crippen molar-refractivity contribution in [1.29, 1.82) is 5.26 Å². The van der Waals surface area contributed by atoms with E-state index in [1.54, 1.807) is 0 Å². The van der Waals surface area contributed by atoms with Crippen LogP contribution in [0.1, 0.15) is 23.0 Å². The second kappa shape index (κ2) is 6.56. The molecule has 0 aliphatic rings. The van der Waals surface area contributed by atoms with Gasteiger partial charge in [0.1, 0.15) is 17.3 Å². The number of rotatable bonds is 4. The Bertz CT molecular complexity index is 922. The first-order valence-corrected chi connectivity index (χ1v) is 7.59. The quantitative estimate of drug-likeness (QED) is 0.790. The van der Waals surface area contributed by atoms with E-state index in [0.717, 1.165) is 5.69 Å². The van der Waals surface area contributed by atoms with Crippen LogP contribution in [0, 0.1) is 11.3 Å². The van der Waals surface area contributed by atoms with Crippen LogP contribution in [-0.4, -0.2) is 25.5 Å². The summed E-state index contributed by atoms with van der Waals surface area (Å²) in [5, 5.41) is 20.5. The van der Waals surface area contributed by atoms with Crippen molar-refractivity contribution < 1.29 is 4.79 Å². The summed E-state index contributed by atoms with van der Waals surface area (Å²) in [7, 11) is 0. The SMILES string of the molecule is CCn1ncc(Cl)c1C(=O)Nc1c(C#N)cnn1-c1ccccc1. The number of carbonyl (C=O) groups is 1. The molecular weight excluding hydrogens is 328 g/mol. The first kappa shape index (κ1) is 15.8. The molecule has 7 nitrogen and oxygen atoms in total. The van der Waals surface area contributed by atoms with Crippen LogP contribution in [-0.2, 0) is 6.54 Å². The number of anilines is 1. The van der Waals surface area contributed by atoms with Gasteiger partial charge in [-0.15, -0.1) is 0 Å². The molecule has 0 unspecified atom stereocenters. The topological polar surface area (TPSA) is 88.5 Å². The van der Waals surface area contributed by atoms with Gasteiger partial charge >= 0.3 is 0 Å². The highest BCUT2D eigenvalue weighted by molar-refractivity contribution is 6.34. The van der Waals surface area contributed by atoms with Gasteiger partial charge in [-0.25, -0.2) is 4.68 Å². The summed E-state index contributed by atoms with van der Waals surface area (Å²) in [4.78, 5) is 12.6. The normalized spacial score (nSPS) is 10.4. The van der Waals surface area contributed by atoms with Crippen molar-refractivity contribution in [3.8, 4) is 11.8 Å². The van der Waals surface area contributed by atoms with Gasteiger partial charge in [-0.2, -0.15) is 15.5 Å². The number of benzene rings is 1. The molecule has 2 heterocycles. The summed E-state index contributed by atoms with van der Waals surface area (Å²) in [6.45, 7) is 2.35. The highest BCUT2D eigenvalue weighted by atomic mass is 35.5. The standard InChI is InChI=1S/C16H13ClN6O/c1-2-22-14(13(17)10-19-22)16(24)21-15-11(8-18)9-20-23(15)12-6-4-3-5-7-12/h3-7,9-10H,2H2,1H3,(H,21,24). The smallest absolute Gasteiger partial charge is 0.276 e. The molecule has 0 aliphatic heterocycles. The fourth-order valence-electron chi connectivity index (χ4n) is 2.31. The Morgan fingerprint density at radius 2 is 2.04 bits per heavy atom. The zero-order valence-electron chi connectivity index (χ0n) is 12.8. The van der Waals surface area contributed by atoms with Crippen LogP contribution in [0.4, 0.5) is 5.82 Å². The van der Waals surface area contributed by atoms with Crippen molar-refractivity contribution in [2.24, 2.45) is 0 Å². The number of hydrogen-bond acceptors (Lipinski definition) is 4. The number of aryl methyl sites for hydroxylation is 1. The highest BCUT2D eigenvalue weighted by Crippen LogP contribution is 2.22. The lowest BCUT2D eigenvalue weighted by molar-refractivity contribution is 0.101. The minimum Gasteiger partial charge on any atom is -0.304 e. The maximum Gasteiger partial charge on any atom is 0.276 e. The Kier molecular flexibility index (Phi) is 4.31. The van der Waals surface area contributed by atoms with Crippen LogP contribution in [0.2, 0.25) is 5.02 Å². The van der Waals surface area contributed by atoms with Gasteiger partial charge in [0, 0.05) is 6.54 Å². The fourth-order valence-corrected chi connectivity index (χ4v) is 2.54. The van der Waals surface area contributed by atoms with E-state index in [4.69, 9.17) is 11.6 Å². The predicted octanol–water partition coefficient (Wildman–Crippen LogP) is 2.87. The fraction of sp³-hybridized carbons (Fsp3) is 0.125. The molecule has 0 atom stereocenters. The van der Waals surface area contributed by atoms with Gasteiger partial charge in [-0.05, 0) is 19.1 Å². The number of halogens is 1. The van der Waals surface area contributed by atoms with Crippen LogP contribution < -0.4 is 5.32 Å². The van der Waals surface area contributed by atoms with E-state index in [1.165, 1.54) is 21.8 Å². The third-order valence-corrected chi connectivity index (χ3v) is 3.71. The molecule has 1 N–H and O–H groups in total. The van der Waals surface area contributed by atoms with E-state index in [9.17, 15) is 10.1 Å². The third kappa shape index (κ3) is 2.75. The number of nitrogens with zero attached hydrogens (tertiary/aromatic N) is 5. The second-order valence-electron chi connectivity index (χ2n) is 4.88. The summed E-state index contributed by atoms with van der Waals surface area (Å²) >= 11 is 6.06. The number of nitrogens with one attached hydrogen (secondary N) is 1. The van der Waals surface area contributed by atoms with Gasteiger partial charge in [0.05, 0.1) is 23.1 Å². The molecule has 120 valence electrons. The van der Waals surface area contributed by atoms with Crippen LogP contribution in [0.3, 0.4) is 0 Å². The van der Waals surface area contributed by atoms with Crippen LogP contribution in [0.5, 0.6) is 0 Å². The largest absolute Gasteiger partial charge is 0.304 e. The maximum absolute atomic E-state index is 12.6. The van der Waals surface area contributed by atoms with Crippen molar-refractivity contribution >= 4 is 23.3 Å². The lowest BCUT2D eigenvalue weighted by Crippen LogP contribution is -2.20. The molecule has 0 saturated heterocycles. The van der Waals surface area contributed by atoms with E-state index in [2.05, 4.69) is 15.5 Å². The number of amides is 1. The monoisotopic (exact) mass is 340 g/mol. The van der Waals surface area contributed by atoms with Crippen LogP contribution >= 0.6 is 11.6 Å². The van der Waals surface area contributed by atoms with E-state index >= 15 is 0 Å². The second-order valence-corrected chi connectivity index (χ2v) is 5.28. The van der Waals surface area contributed by atoms with E-state index in [0.29, 0.717) is 6.54 Å². The molecule has 24 heavy (non-hydrogen) atoms. The van der Waals surface area contributed by atoms with Gasteiger partial charge in [-0.3, -0.25) is 9.48 Å². The van der Waals surface area contributed by atoms with E-state index < -0.39 is 5.91 Å². The van der Waals surface area contributed by atoms with Crippen molar-refractivity contribution in [3.05, 3.63) is 59.0 Å². The predicted molar refractivity (Wildman–Crippen MR) is 89.1 cm³/mol. The molecule has 0 saturated carbocycles. The molecule has 1 aromatic carbocycles. The number of carbonyl (C=O) groups excluding carboxylic acids is 1. The summed E-state index contributed by atoms with van der Waals surface area (Å²) in [5.41, 5.74) is 1.22. The molecule has 0 radical (unpaired) electrons. The number of hydrogen-bond donors (Lipinski definition) is 1. The van der Waals surface area contributed by atoms with Crippen molar-refractivity contribution in [1.82, 2.24) is 19.6 Å². The lowest BCUT2D eigenvalue weighted by atomic mass is 10.3. The molecule has 3 aromatic rings. The summed E-state index contributed by atoms with van der Waals surface area (Å²) in [6, 6.07) is 11.2. The molecule has 8 heteroatoms. The molecule has 1 amide bonds. The van der Waals surface area contributed by atoms with E-state index in [1.807, 2.05) is 43.3 Å². The average molecular weight is 341 g/mol. The van der Waals surface area contributed by atoms with Crippen LogP contribution in [0.25, 0.3) is 5.69 Å². The lowest BCUT2D eigenvalue weighted by Gasteiger charge is -2.10. The first-order valence-electron chi connectivity index (χ1n) is 7.22. The molecule has 2 aromatic heterocycles. The Morgan fingerprint density at radius 1 is 1.29 bits per heavy atom. The Hall–Kier alpha value is -3.11. The minimum absolute atomic E-state index is 0.240. The van der Waals surface area contributed by atoms with E-state index in [-0.39, 0.29) is 22.1 Å². The van der Waals surface area contributed by atoms with Crippen molar-refractivity contribution in [3.63, 3.8) is 0 Å². The summed E-state index contributed by atoms with van der Waals surface area (Å²) in [5.74, 6) is -0.165. The Morgan fingerprint density at radius 3 is 2.71 bits per heavy atom. The number of nitriles is 1. The Balaban J connectivity index is 2.01. The van der Waals surface area contributed by atoms with Crippen molar-refractivity contribution in [2.75, 3.05) is 5.32 Å². The van der Waals surface area contributed by atoms with Gasteiger partial charge in [0.15, 0.2) is 5.82 Å². The average Bonchev–Trinajstić information content (AvgIpc) is 3.18. The molecule has 0 fully saturated rings. The molecular formula is C16H13ClN6O. The molecule has 0 aliphatic carbocycles. The molecule has 0 spiro atoms. The van der Waals surface area contributed by atoms with Gasteiger partial charge in [0.25, 0.3) is 5.91 Å². The Labute approximate surface area is 143 Å². The summed E-state index contributed by atoms with van der Waals surface area (Å²) in [6.07, 6.45) is 2.82. The third-order valence-electron chi connectivity index (χ3n) is 3.43. The van der Waals surface area contributed by atoms with Gasteiger partial charge < -0.3 is 5.32 Å². The first-order chi connectivity index (χ1) is 11.7. The molecule has 3 rings (SSSR count). The number of para-hydroxylation sites is 1. The highest BCUT2D eigenvalue weighted by Gasteiger charge is 2.21. The van der Waals surface area contributed by atoms with Gasteiger partial charge in [0.2, 0.25) is 0 Å². The van der Waals surface area contributed by atoms with Crippen molar-refractivity contribution in [2.45, 2.75) is 13.5 Å². The zero-order chi connectivity index (χ0) is 17.1. The number of aromatic nitrogens is 4. The zero-order valence-corrected chi connectivity index (χ0v) is 13.5. The summed E-state index contributed by atoms with van der Waals surface area (Å²) < 4.78 is 2.99. The maximum atomic E-state index is 12.6. The minimum atomic E-state index is -0.450. The molecule has 0 bridgehead atoms. The van der Waals surface area contributed by atoms with Crippen LogP contribution in [0.15, 0.2) is 42.7 Å². The van der Waals surface area contributed by atoms with Gasteiger partial charge in [-0.1, -0.05) is 29.8 Å².